The van der Waals surface area contributed by atoms with Gasteiger partial charge in [0.1, 0.15) is 4.83 Å². The molecule has 0 amide bonds. The number of fused-ring (bicyclic) bond motifs is 1. The molecule has 0 aliphatic rings. The van der Waals surface area contributed by atoms with Crippen molar-refractivity contribution < 1.29 is 9.90 Å². The van der Waals surface area contributed by atoms with E-state index < -0.39 is 5.97 Å². The third-order valence-corrected chi connectivity index (χ3v) is 5.36. The van der Waals surface area contributed by atoms with E-state index in [-0.39, 0.29) is 11.1 Å². The minimum atomic E-state index is -0.970. The van der Waals surface area contributed by atoms with Gasteiger partial charge in [0.15, 0.2) is 0 Å². The topological polar surface area (TPSA) is 72.2 Å². The molecule has 27 heavy (non-hydrogen) atoms. The normalized spacial score (nSPS) is 11.0. The van der Waals surface area contributed by atoms with Crippen LogP contribution in [0.1, 0.15) is 21.5 Å². The summed E-state index contributed by atoms with van der Waals surface area (Å²) < 4.78 is 1.56. The maximum atomic E-state index is 13.1. The van der Waals surface area contributed by atoms with Crippen molar-refractivity contribution in [1.82, 2.24) is 9.55 Å². The number of carboxylic acids is 1. The Kier molecular flexibility index (Phi) is 4.33. The van der Waals surface area contributed by atoms with Crippen molar-refractivity contribution in [1.29, 1.82) is 0 Å². The first-order valence-electron chi connectivity index (χ1n) is 8.39. The first-order valence-corrected chi connectivity index (χ1v) is 9.27. The van der Waals surface area contributed by atoms with Gasteiger partial charge in [-0.25, -0.2) is 9.78 Å². The highest BCUT2D eigenvalue weighted by molar-refractivity contribution is 7.17. The number of carboxylic acid groups (broad SMARTS) is 1. The van der Waals surface area contributed by atoms with Crippen LogP contribution in [0.2, 0.25) is 0 Å². The number of thiophene rings is 1. The summed E-state index contributed by atoms with van der Waals surface area (Å²) in [5.74, 6) is -0.970. The van der Waals surface area contributed by atoms with Crippen molar-refractivity contribution in [3.63, 3.8) is 0 Å². The van der Waals surface area contributed by atoms with Crippen molar-refractivity contribution in [3.05, 3.63) is 87.3 Å². The van der Waals surface area contributed by atoms with Gasteiger partial charge in [-0.3, -0.25) is 9.36 Å². The fourth-order valence-electron chi connectivity index (χ4n) is 2.98. The molecule has 0 atom stereocenters. The molecule has 0 saturated carbocycles. The minimum absolute atomic E-state index is 0.0980. The molecule has 4 aromatic rings. The Bertz CT molecular complexity index is 1190. The highest BCUT2D eigenvalue weighted by atomic mass is 32.1. The molecule has 0 aliphatic heterocycles. The molecule has 0 spiro atoms. The molecule has 1 N–H and O–H groups in total. The second kappa shape index (κ2) is 6.81. The number of carbonyl (C=O) groups is 1. The van der Waals surface area contributed by atoms with Crippen molar-refractivity contribution >= 4 is 27.5 Å². The van der Waals surface area contributed by atoms with Crippen LogP contribution in [0.25, 0.3) is 21.3 Å². The number of hydrogen-bond donors (Lipinski definition) is 1. The summed E-state index contributed by atoms with van der Waals surface area (Å²) in [5.41, 5.74) is 4.02. The second-order valence-corrected chi connectivity index (χ2v) is 7.23. The smallest absolute Gasteiger partial charge is 0.335 e. The van der Waals surface area contributed by atoms with E-state index >= 15 is 0 Å². The lowest BCUT2D eigenvalue weighted by atomic mass is 10.1. The van der Waals surface area contributed by atoms with Gasteiger partial charge in [-0.15, -0.1) is 11.3 Å². The van der Waals surface area contributed by atoms with Gasteiger partial charge in [-0.1, -0.05) is 42.0 Å². The van der Waals surface area contributed by atoms with Gasteiger partial charge in [0.2, 0.25) is 0 Å². The monoisotopic (exact) mass is 376 g/mol. The van der Waals surface area contributed by atoms with Crippen molar-refractivity contribution in [2.75, 3.05) is 0 Å². The van der Waals surface area contributed by atoms with E-state index in [1.807, 2.05) is 36.6 Å². The molecule has 0 unspecified atom stereocenters. The summed E-state index contributed by atoms with van der Waals surface area (Å²) >= 11 is 1.46. The first-order chi connectivity index (χ1) is 13.0. The van der Waals surface area contributed by atoms with Crippen LogP contribution in [-0.4, -0.2) is 20.6 Å². The molecule has 5 nitrogen and oxygen atoms in total. The third kappa shape index (κ3) is 3.27. The van der Waals surface area contributed by atoms with Crippen LogP contribution in [0.15, 0.2) is 65.0 Å². The number of rotatable bonds is 4. The van der Waals surface area contributed by atoms with Gasteiger partial charge < -0.3 is 5.11 Å². The lowest BCUT2D eigenvalue weighted by Crippen LogP contribution is -2.21. The van der Waals surface area contributed by atoms with Gasteiger partial charge in [-0.2, -0.15) is 0 Å². The van der Waals surface area contributed by atoms with E-state index in [1.165, 1.54) is 29.0 Å². The lowest BCUT2D eigenvalue weighted by Gasteiger charge is -2.07. The van der Waals surface area contributed by atoms with Crippen LogP contribution in [0.4, 0.5) is 0 Å². The number of aryl methyl sites for hydroxylation is 1. The summed E-state index contributed by atoms with van der Waals surface area (Å²) in [6, 6.07) is 14.6. The predicted molar refractivity (Wildman–Crippen MR) is 107 cm³/mol. The largest absolute Gasteiger partial charge is 0.478 e. The summed E-state index contributed by atoms with van der Waals surface area (Å²) in [7, 11) is 0. The Hall–Kier alpha value is -3.25. The highest BCUT2D eigenvalue weighted by Gasteiger charge is 2.13. The van der Waals surface area contributed by atoms with Gasteiger partial charge in [0.25, 0.3) is 5.56 Å². The molecule has 6 heteroatoms. The summed E-state index contributed by atoms with van der Waals surface area (Å²) in [4.78, 5) is 29.2. The molecule has 4 rings (SSSR count). The quantitative estimate of drug-likeness (QED) is 0.580. The molecular formula is C21H16N2O3S. The molecule has 0 fully saturated rings. The van der Waals surface area contributed by atoms with Crippen LogP contribution in [-0.2, 0) is 6.54 Å². The van der Waals surface area contributed by atoms with E-state index in [9.17, 15) is 9.59 Å². The van der Waals surface area contributed by atoms with E-state index in [0.717, 1.165) is 16.7 Å². The number of hydrogen-bond acceptors (Lipinski definition) is 4. The van der Waals surface area contributed by atoms with Crippen LogP contribution in [0.5, 0.6) is 0 Å². The molecule has 2 heterocycles. The van der Waals surface area contributed by atoms with Gasteiger partial charge in [0, 0.05) is 10.9 Å². The zero-order valence-electron chi connectivity index (χ0n) is 14.5. The van der Waals surface area contributed by atoms with Crippen LogP contribution < -0.4 is 5.56 Å². The van der Waals surface area contributed by atoms with E-state index in [1.54, 1.807) is 23.0 Å². The number of nitrogens with zero attached hydrogens (tertiary/aromatic N) is 2. The van der Waals surface area contributed by atoms with E-state index in [4.69, 9.17) is 5.11 Å². The molecule has 0 aliphatic carbocycles. The number of aromatic carboxylic acids is 1. The van der Waals surface area contributed by atoms with E-state index in [2.05, 4.69) is 4.98 Å². The molecule has 2 aromatic heterocycles. The van der Waals surface area contributed by atoms with Crippen LogP contribution >= 0.6 is 11.3 Å². The fraction of sp³-hybridized carbons (Fsp3) is 0.0952. The minimum Gasteiger partial charge on any atom is -0.478 e. The van der Waals surface area contributed by atoms with Crippen LogP contribution in [0.3, 0.4) is 0 Å². The standard InChI is InChI=1S/C21H16N2O3S/c1-13-2-6-15(7-3-13)17-11-27-19-18(17)20(24)23(12-22-19)10-14-4-8-16(9-5-14)21(25)26/h2-9,11-12H,10H2,1H3,(H,25,26). The Morgan fingerprint density at radius 3 is 2.48 bits per heavy atom. The average Bonchev–Trinajstić information content (AvgIpc) is 3.10. The average molecular weight is 376 g/mol. The van der Waals surface area contributed by atoms with E-state index in [0.29, 0.717) is 16.8 Å². The summed E-state index contributed by atoms with van der Waals surface area (Å²) in [5, 5.41) is 11.6. The number of aromatic nitrogens is 2. The third-order valence-electron chi connectivity index (χ3n) is 4.48. The van der Waals surface area contributed by atoms with Gasteiger partial charge in [0.05, 0.1) is 23.8 Å². The zero-order chi connectivity index (χ0) is 19.0. The van der Waals surface area contributed by atoms with Crippen molar-refractivity contribution in [2.24, 2.45) is 0 Å². The molecule has 0 bridgehead atoms. The Labute approximate surface area is 159 Å². The zero-order valence-corrected chi connectivity index (χ0v) is 15.4. The van der Waals surface area contributed by atoms with Crippen molar-refractivity contribution in [2.45, 2.75) is 13.5 Å². The second-order valence-electron chi connectivity index (χ2n) is 6.38. The lowest BCUT2D eigenvalue weighted by molar-refractivity contribution is 0.0697. The van der Waals surface area contributed by atoms with Gasteiger partial charge in [-0.05, 0) is 30.2 Å². The molecule has 0 radical (unpaired) electrons. The Balaban J connectivity index is 1.75. The van der Waals surface area contributed by atoms with Crippen molar-refractivity contribution in [3.8, 4) is 11.1 Å². The number of benzene rings is 2. The highest BCUT2D eigenvalue weighted by Crippen LogP contribution is 2.30. The molecule has 134 valence electrons. The maximum absolute atomic E-state index is 13.1. The SMILES string of the molecule is Cc1ccc(-c2csc3ncn(Cc4ccc(C(=O)O)cc4)c(=O)c23)cc1. The maximum Gasteiger partial charge on any atom is 0.335 e. The predicted octanol–water partition coefficient (Wildman–Crippen LogP) is 4.18. The van der Waals surface area contributed by atoms with Crippen LogP contribution in [0, 0.1) is 6.92 Å². The molecular weight excluding hydrogens is 360 g/mol. The molecule has 2 aromatic carbocycles. The summed E-state index contributed by atoms with van der Waals surface area (Å²) in [6.45, 7) is 2.37. The fourth-order valence-corrected chi connectivity index (χ4v) is 3.88. The Morgan fingerprint density at radius 2 is 1.81 bits per heavy atom. The molecule has 0 saturated heterocycles. The first kappa shape index (κ1) is 17.2. The summed E-state index contributed by atoms with van der Waals surface area (Å²) in [6.07, 6.45) is 1.55. The Morgan fingerprint density at radius 1 is 1.11 bits per heavy atom. The van der Waals surface area contributed by atoms with Gasteiger partial charge >= 0.3 is 5.97 Å².